The van der Waals surface area contributed by atoms with Crippen LogP contribution in [0, 0.1) is 0 Å². The summed E-state index contributed by atoms with van der Waals surface area (Å²) in [5, 5.41) is 9.18. The third-order valence-electron chi connectivity index (χ3n) is 3.61. The lowest BCUT2D eigenvalue weighted by molar-refractivity contribution is 0.419. The van der Waals surface area contributed by atoms with Crippen molar-refractivity contribution < 1.29 is 4.74 Å². The van der Waals surface area contributed by atoms with Crippen molar-refractivity contribution in [1.82, 2.24) is 10.3 Å². The van der Waals surface area contributed by atoms with Crippen LogP contribution in [-0.4, -0.2) is 31.2 Å². The number of pyridine rings is 1. The fraction of sp³-hybridized carbons (Fsp3) is 0.400. The predicted octanol–water partition coefficient (Wildman–Crippen LogP) is 2.41. The van der Waals surface area contributed by atoms with Gasteiger partial charge in [-0.2, -0.15) is 0 Å². The Balaban J connectivity index is 1.97. The molecule has 1 unspecified atom stereocenters. The normalized spacial score (nSPS) is 19.3. The predicted molar refractivity (Wildman–Crippen MR) is 77.8 cm³/mol. The van der Waals surface area contributed by atoms with E-state index in [1.807, 2.05) is 24.4 Å². The highest BCUT2D eigenvalue weighted by Gasteiger charge is 2.15. The Morgan fingerprint density at radius 2 is 2.32 bits per heavy atom. The third-order valence-corrected chi connectivity index (χ3v) is 3.61. The van der Waals surface area contributed by atoms with Crippen LogP contribution in [-0.2, 0) is 0 Å². The molecule has 1 aromatic carbocycles. The summed E-state index contributed by atoms with van der Waals surface area (Å²) in [7, 11) is 1.70. The van der Waals surface area contributed by atoms with Crippen molar-refractivity contribution in [3.05, 3.63) is 30.5 Å². The number of hydrogen-bond acceptors (Lipinski definition) is 4. The molecular formula is C15H19N3O. The molecule has 1 fully saturated rings. The lowest BCUT2D eigenvalue weighted by Crippen LogP contribution is -2.38. The second kappa shape index (κ2) is 5.45. The molecule has 2 aromatic rings. The van der Waals surface area contributed by atoms with Gasteiger partial charge in [-0.3, -0.25) is 0 Å². The van der Waals surface area contributed by atoms with Crippen LogP contribution in [0.15, 0.2) is 30.5 Å². The van der Waals surface area contributed by atoms with E-state index in [2.05, 4.69) is 21.7 Å². The van der Waals surface area contributed by atoms with Crippen LogP contribution in [0.3, 0.4) is 0 Å². The molecule has 0 amide bonds. The summed E-state index contributed by atoms with van der Waals surface area (Å²) in [6.07, 6.45) is 4.24. The number of nitrogens with one attached hydrogen (secondary N) is 2. The van der Waals surface area contributed by atoms with Crippen LogP contribution >= 0.6 is 0 Å². The molecule has 1 aromatic heterocycles. The molecule has 2 N–H and O–H groups in total. The Hall–Kier alpha value is -1.81. The highest BCUT2D eigenvalue weighted by Crippen LogP contribution is 2.31. The molecule has 0 radical (unpaired) electrons. The lowest BCUT2D eigenvalue weighted by Gasteiger charge is -2.25. The van der Waals surface area contributed by atoms with Gasteiger partial charge in [-0.25, -0.2) is 4.98 Å². The smallest absolute Gasteiger partial charge is 0.137 e. The highest BCUT2D eigenvalue weighted by molar-refractivity contribution is 5.96. The van der Waals surface area contributed by atoms with E-state index < -0.39 is 0 Å². The van der Waals surface area contributed by atoms with Crippen LogP contribution in [0.25, 0.3) is 10.8 Å². The fourth-order valence-electron chi connectivity index (χ4n) is 2.64. The number of aromatic nitrogens is 1. The first-order chi connectivity index (χ1) is 9.38. The van der Waals surface area contributed by atoms with Crippen molar-refractivity contribution in [3.8, 4) is 5.75 Å². The topological polar surface area (TPSA) is 46.2 Å². The largest absolute Gasteiger partial charge is 0.496 e. The van der Waals surface area contributed by atoms with Crippen LogP contribution in [0.4, 0.5) is 5.82 Å². The SMILES string of the molecule is COc1cccc2ccnc(NC3CCCNC3)c12. The zero-order valence-corrected chi connectivity index (χ0v) is 11.1. The van der Waals surface area contributed by atoms with E-state index in [1.165, 1.54) is 12.8 Å². The Kier molecular flexibility index (Phi) is 3.51. The number of rotatable bonds is 3. The Morgan fingerprint density at radius 1 is 1.37 bits per heavy atom. The summed E-state index contributed by atoms with van der Waals surface area (Å²) < 4.78 is 5.46. The molecule has 1 aliphatic rings. The summed E-state index contributed by atoms with van der Waals surface area (Å²) in [5.41, 5.74) is 0. The minimum Gasteiger partial charge on any atom is -0.496 e. The molecular weight excluding hydrogens is 238 g/mol. The molecule has 100 valence electrons. The van der Waals surface area contributed by atoms with Crippen LogP contribution in [0.1, 0.15) is 12.8 Å². The summed E-state index contributed by atoms with van der Waals surface area (Å²) >= 11 is 0. The van der Waals surface area contributed by atoms with Crippen molar-refractivity contribution in [2.24, 2.45) is 0 Å². The first-order valence-electron chi connectivity index (χ1n) is 6.77. The maximum atomic E-state index is 5.46. The standard InChI is InChI=1S/C15H19N3O/c1-19-13-6-2-4-11-7-9-17-15(14(11)13)18-12-5-3-8-16-10-12/h2,4,6-7,9,12,16H,3,5,8,10H2,1H3,(H,17,18). The zero-order valence-electron chi connectivity index (χ0n) is 11.1. The second-order valence-electron chi connectivity index (χ2n) is 4.91. The van der Waals surface area contributed by atoms with E-state index in [-0.39, 0.29) is 0 Å². The van der Waals surface area contributed by atoms with Gasteiger partial charge in [0, 0.05) is 18.8 Å². The second-order valence-corrected chi connectivity index (χ2v) is 4.91. The van der Waals surface area contributed by atoms with E-state index in [0.29, 0.717) is 6.04 Å². The van der Waals surface area contributed by atoms with Gasteiger partial charge in [-0.15, -0.1) is 0 Å². The molecule has 4 heteroatoms. The van der Waals surface area contributed by atoms with Gasteiger partial charge in [0.2, 0.25) is 0 Å². The van der Waals surface area contributed by atoms with E-state index >= 15 is 0 Å². The molecule has 0 aliphatic carbocycles. The van der Waals surface area contributed by atoms with Crippen molar-refractivity contribution >= 4 is 16.6 Å². The molecule has 19 heavy (non-hydrogen) atoms. The molecule has 1 aliphatic heterocycles. The minimum absolute atomic E-state index is 0.441. The number of methoxy groups -OCH3 is 1. The molecule has 1 atom stereocenters. The molecule has 3 rings (SSSR count). The van der Waals surface area contributed by atoms with Gasteiger partial charge in [0.15, 0.2) is 0 Å². The Labute approximate surface area is 113 Å². The number of anilines is 1. The van der Waals surface area contributed by atoms with Gasteiger partial charge >= 0.3 is 0 Å². The highest BCUT2D eigenvalue weighted by atomic mass is 16.5. The van der Waals surface area contributed by atoms with Crippen molar-refractivity contribution in [2.45, 2.75) is 18.9 Å². The maximum absolute atomic E-state index is 5.46. The number of hydrogen-bond donors (Lipinski definition) is 2. The summed E-state index contributed by atoms with van der Waals surface area (Å²) in [6.45, 7) is 2.11. The van der Waals surface area contributed by atoms with E-state index in [9.17, 15) is 0 Å². The van der Waals surface area contributed by atoms with Gasteiger partial charge in [-0.05, 0) is 36.9 Å². The van der Waals surface area contributed by atoms with Crippen LogP contribution in [0.5, 0.6) is 5.75 Å². The molecule has 2 heterocycles. The molecule has 0 bridgehead atoms. The molecule has 0 saturated carbocycles. The number of piperidine rings is 1. The van der Waals surface area contributed by atoms with Gasteiger partial charge in [0.25, 0.3) is 0 Å². The minimum atomic E-state index is 0.441. The lowest BCUT2D eigenvalue weighted by atomic mass is 10.1. The molecule has 4 nitrogen and oxygen atoms in total. The van der Waals surface area contributed by atoms with E-state index in [1.54, 1.807) is 7.11 Å². The third kappa shape index (κ3) is 2.49. The fourth-order valence-corrected chi connectivity index (χ4v) is 2.64. The first-order valence-corrected chi connectivity index (χ1v) is 6.77. The van der Waals surface area contributed by atoms with Crippen LogP contribution in [0.2, 0.25) is 0 Å². The quantitative estimate of drug-likeness (QED) is 0.886. The van der Waals surface area contributed by atoms with Gasteiger partial charge in [0.05, 0.1) is 12.5 Å². The van der Waals surface area contributed by atoms with Crippen LogP contribution < -0.4 is 15.4 Å². The zero-order chi connectivity index (χ0) is 13.1. The molecule has 1 saturated heterocycles. The Bertz CT molecular complexity index is 559. The Morgan fingerprint density at radius 3 is 3.11 bits per heavy atom. The summed E-state index contributed by atoms with van der Waals surface area (Å²) in [5.74, 6) is 1.79. The first kappa shape index (κ1) is 12.2. The monoisotopic (exact) mass is 257 g/mol. The van der Waals surface area contributed by atoms with Gasteiger partial charge in [0.1, 0.15) is 11.6 Å². The molecule has 0 spiro atoms. The average Bonchev–Trinajstić information content (AvgIpc) is 2.48. The number of nitrogens with zero attached hydrogens (tertiary/aromatic N) is 1. The summed E-state index contributed by atoms with van der Waals surface area (Å²) in [4.78, 5) is 4.49. The van der Waals surface area contributed by atoms with Gasteiger partial charge < -0.3 is 15.4 Å². The van der Waals surface area contributed by atoms with Crippen molar-refractivity contribution in [3.63, 3.8) is 0 Å². The van der Waals surface area contributed by atoms with E-state index in [4.69, 9.17) is 4.74 Å². The summed E-state index contributed by atoms with van der Waals surface area (Å²) in [6, 6.07) is 8.53. The number of ether oxygens (including phenoxy) is 1. The maximum Gasteiger partial charge on any atom is 0.137 e. The van der Waals surface area contributed by atoms with E-state index in [0.717, 1.165) is 35.4 Å². The number of fused-ring (bicyclic) bond motifs is 1. The van der Waals surface area contributed by atoms with Crippen molar-refractivity contribution in [2.75, 3.05) is 25.5 Å². The van der Waals surface area contributed by atoms with Gasteiger partial charge in [-0.1, -0.05) is 12.1 Å². The number of benzene rings is 1. The van der Waals surface area contributed by atoms with Crippen molar-refractivity contribution in [1.29, 1.82) is 0 Å². The average molecular weight is 257 g/mol.